The molecule has 0 aliphatic carbocycles. The van der Waals surface area contributed by atoms with E-state index in [0.717, 1.165) is 0 Å². The van der Waals surface area contributed by atoms with E-state index in [1.165, 1.54) is 12.3 Å². The molecule has 9 heteroatoms. The van der Waals surface area contributed by atoms with Gasteiger partial charge in [-0.3, -0.25) is 14.4 Å². The first kappa shape index (κ1) is 26.6. The molecule has 0 saturated heterocycles. The van der Waals surface area contributed by atoms with Gasteiger partial charge in [-0.15, -0.1) is 0 Å². The van der Waals surface area contributed by atoms with E-state index in [1.54, 1.807) is 66.7 Å². The number of hydrogen-bond donors (Lipinski definition) is 3. The molecular formula is C30H26N4O5. The van der Waals surface area contributed by atoms with Crippen LogP contribution in [0.5, 0.6) is 17.2 Å². The summed E-state index contributed by atoms with van der Waals surface area (Å²) < 4.78 is 11.2. The second-order valence-corrected chi connectivity index (χ2v) is 8.10. The highest BCUT2D eigenvalue weighted by Gasteiger charge is 2.18. The fourth-order valence-corrected chi connectivity index (χ4v) is 3.47. The molecule has 0 aliphatic heterocycles. The largest absolute Gasteiger partial charge is 0.494 e. The van der Waals surface area contributed by atoms with Crippen molar-refractivity contribution in [3.05, 3.63) is 114 Å². The Kier molecular flexibility index (Phi) is 9.01. The van der Waals surface area contributed by atoms with E-state index in [1.807, 2.05) is 37.3 Å². The molecule has 39 heavy (non-hydrogen) atoms. The zero-order chi connectivity index (χ0) is 27.5. The number of rotatable bonds is 9. The molecule has 0 bridgehead atoms. The summed E-state index contributed by atoms with van der Waals surface area (Å²) in [6.07, 6.45) is 1.39. The number of benzene rings is 4. The van der Waals surface area contributed by atoms with Crippen molar-refractivity contribution in [3.8, 4) is 17.2 Å². The van der Waals surface area contributed by atoms with E-state index < -0.39 is 17.7 Å². The normalized spacial score (nSPS) is 10.5. The number of hydrazone groups is 1. The lowest BCUT2D eigenvalue weighted by atomic mass is 10.1. The van der Waals surface area contributed by atoms with Crippen molar-refractivity contribution in [1.29, 1.82) is 0 Å². The second kappa shape index (κ2) is 13.2. The fourth-order valence-electron chi connectivity index (χ4n) is 3.47. The Morgan fingerprint density at radius 3 is 2.23 bits per heavy atom. The van der Waals surface area contributed by atoms with Crippen LogP contribution in [0.2, 0.25) is 0 Å². The predicted octanol–water partition coefficient (Wildman–Crippen LogP) is 5.22. The van der Waals surface area contributed by atoms with Crippen molar-refractivity contribution < 1.29 is 23.9 Å². The summed E-state index contributed by atoms with van der Waals surface area (Å²) >= 11 is 0. The Hall–Kier alpha value is -5.44. The molecule has 4 aromatic rings. The van der Waals surface area contributed by atoms with Crippen molar-refractivity contribution >= 4 is 35.3 Å². The number of para-hydroxylation sites is 2. The first-order chi connectivity index (χ1) is 19.0. The summed E-state index contributed by atoms with van der Waals surface area (Å²) in [4.78, 5) is 37.7. The van der Waals surface area contributed by atoms with Gasteiger partial charge in [0.15, 0.2) is 0 Å². The van der Waals surface area contributed by atoms with Crippen LogP contribution in [0.25, 0.3) is 0 Å². The summed E-state index contributed by atoms with van der Waals surface area (Å²) in [5.41, 5.74) is 3.76. The first-order valence-electron chi connectivity index (χ1n) is 12.1. The minimum Gasteiger partial charge on any atom is -0.494 e. The molecule has 0 fully saturated rings. The first-order valence-corrected chi connectivity index (χ1v) is 12.1. The molecule has 3 N–H and O–H groups in total. The third-order valence-corrected chi connectivity index (χ3v) is 5.27. The number of carbonyl (C=O) groups is 3. The molecule has 9 nitrogen and oxygen atoms in total. The standard InChI is InChI=1S/C30H26N4O5/c1-2-38-23-17-15-22(16-18-23)32-28(35)26-13-6-7-14-27(26)33-29(36)30(37)34-31-20-21-9-8-12-25(19-21)39-24-10-4-3-5-11-24/h3-20H,2H2,1H3,(H,32,35)(H,33,36)(H,34,37)/b31-20+. The maximum Gasteiger partial charge on any atom is 0.329 e. The number of nitrogens with zero attached hydrogens (tertiary/aromatic N) is 1. The molecule has 0 heterocycles. The van der Waals surface area contributed by atoms with Gasteiger partial charge in [-0.25, -0.2) is 5.43 Å². The lowest BCUT2D eigenvalue weighted by molar-refractivity contribution is -0.136. The number of ether oxygens (including phenoxy) is 2. The van der Waals surface area contributed by atoms with Crippen molar-refractivity contribution in [3.63, 3.8) is 0 Å². The van der Waals surface area contributed by atoms with Gasteiger partial charge in [-0.05, 0) is 73.2 Å². The summed E-state index contributed by atoms with van der Waals surface area (Å²) in [6, 6.07) is 29.6. The van der Waals surface area contributed by atoms with Gasteiger partial charge in [-0.2, -0.15) is 5.10 Å². The van der Waals surface area contributed by atoms with Gasteiger partial charge in [0.25, 0.3) is 5.91 Å². The number of hydrogen-bond acceptors (Lipinski definition) is 6. The Balaban J connectivity index is 1.34. The molecule has 0 radical (unpaired) electrons. The van der Waals surface area contributed by atoms with E-state index in [9.17, 15) is 14.4 Å². The summed E-state index contributed by atoms with van der Waals surface area (Å²) in [7, 11) is 0. The van der Waals surface area contributed by atoms with Crippen LogP contribution in [0, 0.1) is 0 Å². The van der Waals surface area contributed by atoms with Gasteiger partial charge in [0.05, 0.1) is 24.1 Å². The van der Waals surface area contributed by atoms with Crippen molar-refractivity contribution in [2.45, 2.75) is 6.92 Å². The van der Waals surface area contributed by atoms with Crippen LogP contribution in [-0.4, -0.2) is 30.5 Å². The van der Waals surface area contributed by atoms with E-state index in [4.69, 9.17) is 9.47 Å². The van der Waals surface area contributed by atoms with Crippen LogP contribution < -0.4 is 25.5 Å². The van der Waals surface area contributed by atoms with Crippen molar-refractivity contribution in [2.24, 2.45) is 5.10 Å². The minimum absolute atomic E-state index is 0.177. The Morgan fingerprint density at radius 2 is 1.46 bits per heavy atom. The monoisotopic (exact) mass is 522 g/mol. The van der Waals surface area contributed by atoms with Crippen LogP contribution in [-0.2, 0) is 9.59 Å². The van der Waals surface area contributed by atoms with Gasteiger partial charge < -0.3 is 20.1 Å². The number of nitrogens with one attached hydrogen (secondary N) is 3. The highest BCUT2D eigenvalue weighted by molar-refractivity contribution is 6.40. The molecule has 0 atom stereocenters. The Morgan fingerprint density at radius 1 is 0.744 bits per heavy atom. The molecule has 0 aliphatic rings. The highest BCUT2D eigenvalue weighted by atomic mass is 16.5. The molecule has 0 spiro atoms. The third kappa shape index (κ3) is 7.77. The van der Waals surface area contributed by atoms with Crippen molar-refractivity contribution in [1.82, 2.24) is 5.43 Å². The van der Waals surface area contributed by atoms with Crippen LogP contribution in [0.15, 0.2) is 108 Å². The summed E-state index contributed by atoms with van der Waals surface area (Å²) in [5.74, 6) is -0.463. The third-order valence-electron chi connectivity index (χ3n) is 5.27. The van der Waals surface area contributed by atoms with Crippen LogP contribution in [0.4, 0.5) is 11.4 Å². The van der Waals surface area contributed by atoms with Gasteiger partial charge in [0, 0.05) is 5.69 Å². The zero-order valence-corrected chi connectivity index (χ0v) is 21.1. The SMILES string of the molecule is CCOc1ccc(NC(=O)c2ccccc2NC(=O)C(=O)N/N=C/c2cccc(Oc3ccccc3)c2)cc1. The second-order valence-electron chi connectivity index (χ2n) is 8.10. The summed E-state index contributed by atoms with van der Waals surface area (Å²) in [5, 5.41) is 9.08. The molecule has 196 valence electrons. The van der Waals surface area contributed by atoms with Crippen LogP contribution >= 0.6 is 0 Å². The number of amides is 3. The average molecular weight is 523 g/mol. The smallest absolute Gasteiger partial charge is 0.329 e. The van der Waals surface area contributed by atoms with E-state index >= 15 is 0 Å². The van der Waals surface area contributed by atoms with E-state index in [2.05, 4.69) is 21.2 Å². The van der Waals surface area contributed by atoms with E-state index in [0.29, 0.717) is 35.1 Å². The van der Waals surface area contributed by atoms with Crippen LogP contribution in [0.3, 0.4) is 0 Å². The van der Waals surface area contributed by atoms with Gasteiger partial charge in [-0.1, -0.05) is 42.5 Å². The molecule has 0 saturated carbocycles. The Bertz CT molecular complexity index is 1470. The Labute approximate surface area is 225 Å². The molecule has 4 aromatic carbocycles. The quantitative estimate of drug-likeness (QED) is 0.158. The zero-order valence-electron chi connectivity index (χ0n) is 21.1. The van der Waals surface area contributed by atoms with Gasteiger partial charge >= 0.3 is 11.8 Å². The fraction of sp³-hybridized carbons (Fsp3) is 0.0667. The number of anilines is 2. The van der Waals surface area contributed by atoms with Crippen LogP contribution in [0.1, 0.15) is 22.8 Å². The highest BCUT2D eigenvalue weighted by Crippen LogP contribution is 2.22. The van der Waals surface area contributed by atoms with E-state index in [-0.39, 0.29) is 11.3 Å². The van der Waals surface area contributed by atoms with Gasteiger partial charge in [0.2, 0.25) is 0 Å². The van der Waals surface area contributed by atoms with Gasteiger partial charge in [0.1, 0.15) is 17.2 Å². The topological polar surface area (TPSA) is 118 Å². The lowest BCUT2D eigenvalue weighted by Crippen LogP contribution is -2.33. The number of carbonyl (C=O) groups excluding carboxylic acids is 3. The maximum atomic E-state index is 12.8. The van der Waals surface area contributed by atoms with Crippen molar-refractivity contribution in [2.75, 3.05) is 17.2 Å². The average Bonchev–Trinajstić information content (AvgIpc) is 2.95. The molecule has 3 amide bonds. The maximum absolute atomic E-state index is 12.8. The molecular weight excluding hydrogens is 496 g/mol. The lowest BCUT2D eigenvalue weighted by Gasteiger charge is -2.11. The summed E-state index contributed by atoms with van der Waals surface area (Å²) in [6.45, 7) is 2.42. The predicted molar refractivity (Wildman–Crippen MR) is 149 cm³/mol. The minimum atomic E-state index is -0.996. The molecule has 4 rings (SSSR count). The molecule has 0 unspecified atom stereocenters. The molecule has 0 aromatic heterocycles.